The molecular weight excluding hydrogens is 396 g/mol. The molecule has 3 rings (SSSR count). The van der Waals surface area contributed by atoms with Gasteiger partial charge in [-0.25, -0.2) is 4.98 Å². The summed E-state index contributed by atoms with van der Waals surface area (Å²) in [4.78, 5) is 41.3. The first-order chi connectivity index (χ1) is 13.9. The average molecular weight is 416 g/mol. The number of anilines is 1. The van der Waals surface area contributed by atoms with Crippen molar-refractivity contribution in [2.45, 2.75) is 33.2 Å². The summed E-state index contributed by atoms with van der Waals surface area (Å²) < 4.78 is 6.52. The lowest BCUT2D eigenvalue weighted by molar-refractivity contribution is -0.385. The number of methoxy groups -OCH3 is 1. The van der Waals surface area contributed by atoms with Crippen LogP contribution in [-0.2, 0) is 6.54 Å². The molecule has 3 aromatic rings. The Morgan fingerprint density at radius 1 is 1.41 bits per heavy atom. The second-order valence-electron chi connectivity index (χ2n) is 6.43. The van der Waals surface area contributed by atoms with Gasteiger partial charge in [0.15, 0.2) is 5.75 Å². The highest BCUT2D eigenvalue weighted by Gasteiger charge is 2.21. The van der Waals surface area contributed by atoms with Crippen molar-refractivity contribution < 1.29 is 14.5 Å². The number of nitrogens with zero attached hydrogens (tertiary/aromatic N) is 3. The van der Waals surface area contributed by atoms with E-state index in [1.54, 1.807) is 11.5 Å². The van der Waals surface area contributed by atoms with Gasteiger partial charge in [0.2, 0.25) is 0 Å². The fraction of sp³-hybridized carbons (Fsp3) is 0.316. The van der Waals surface area contributed by atoms with E-state index in [-0.39, 0.29) is 22.7 Å². The van der Waals surface area contributed by atoms with Gasteiger partial charge in [-0.1, -0.05) is 13.3 Å². The summed E-state index contributed by atoms with van der Waals surface area (Å²) in [5.74, 6) is -0.354. The van der Waals surface area contributed by atoms with Crippen molar-refractivity contribution >= 4 is 38.8 Å². The maximum Gasteiger partial charge on any atom is 0.312 e. The zero-order valence-corrected chi connectivity index (χ0v) is 17.0. The largest absolute Gasteiger partial charge is 0.490 e. The number of nitro benzene ring substituents is 1. The molecule has 29 heavy (non-hydrogen) atoms. The van der Waals surface area contributed by atoms with Crippen LogP contribution < -0.4 is 15.6 Å². The zero-order chi connectivity index (χ0) is 21.1. The number of aromatic nitrogens is 2. The van der Waals surface area contributed by atoms with Crippen LogP contribution >= 0.6 is 11.3 Å². The molecule has 0 atom stereocenters. The van der Waals surface area contributed by atoms with Crippen molar-refractivity contribution in [1.82, 2.24) is 9.55 Å². The number of aryl methyl sites for hydroxylation is 2. The van der Waals surface area contributed by atoms with Crippen LogP contribution in [0.4, 0.5) is 11.4 Å². The fourth-order valence-corrected chi connectivity index (χ4v) is 4.00. The van der Waals surface area contributed by atoms with E-state index in [1.807, 2.05) is 6.92 Å². The molecule has 0 bridgehead atoms. The van der Waals surface area contributed by atoms with Gasteiger partial charge in [-0.15, -0.1) is 11.3 Å². The highest BCUT2D eigenvalue weighted by atomic mass is 32.1. The summed E-state index contributed by atoms with van der Waals surface area (Å²) in [6.07, 6.45) is 3.32. The van der Waals surface area contributed by atoms with E-state index in [4.69, 9.17) is 4.74 Å². The van der Waals surface area contributed by atoms with Crippen molar-refractivity contribution in [3.8, 4) is 5.75 Å². The molecule has 0 fully saturated rings. The Labute approximate surface area is 170 Å². The number of ether oxygens (including phenoxy) is 1. The van der Waals surface area contributed by atoms with Gasteiger partial charge in [-0.05, 0) is 31.0 Å². The van der Waals surface area contributed by atoms with Crippen molar-refractivity contribution in [3.05, 3.63) is 55.4 Å². The molecule has 0 aliphatic rings. The minimum absolute atomic E-state index is 0.0999. The van der Waals surface area contributed by atoms with Gasteiger partial charge in [0.1, 0.15) is 4.83 Å². The van der Waals surface area contributed by atoms with Crippen molar-refractivity contribution in [2.75, 3.05) is 12.4 Å². The van der Waals surface area contributed by atoms with Crippen LogP contribution in [0.1, 0.15) is 35.0 Å². The Morgan fingerprint density at radius 2 is 2.17 bits per heavy atom. The molecule has 10 heteroatoms. The van der Waals surface area contributed by atoms with Crippen LogP contribution in [0.15, 0.2) is 29.3 Å². The summed E-state index contributed by atoms with van der Waals surface area (Å²) in [5.41, 5.74) is 0.386. The van der Waals surface area contributed by atoms with E-state index >= 15 is 0 Å². The van der Waals surface area contributed by atoms with Gasteiger partial charge in [0.25, 0.3) is 11.5 Å². The SMILES string of the molecule is CCCCn1cnc2sc(C(=O)Nc3ccc(OC)c([N+](=O)[O-])c3)c(C)c2c1=O. The third-order valence-electron chi connectivity index (χ3n) is 4.51. The standard InChI is InChI=1S/C19H20N4O5S/c1-4-5-8-22-10-20-18-15(19(22)25)11(2)16(29-18)17(24)21-12-6-7-14(28-3)13(9-12)23(26)27/h6-7,9-10H,4-5,8H2,1-3H3,(H,21,24). The van der Waals surface area contributed by atoms with Crippen molar-refractivity contribution in [3.63, 3.8) is 0 Å². The van der Waals surface area contributed by atoms with E-state index < -0.39 is 10.8 Å². The minimum atomic E-state index is -0.581. The molecule has 2 aromatic heterocycles. The maximum absolute atomic E-state index is 12.8. The number of nitrogens with one attached hydrogen (secondary N) is 1. The fourth-order valence-electron chi connectivity index (χ4n) is 2.96. The number of nitro groups is 1. The first-order valence-corrected chi connectivity index (χ1v) is 9.81. The molecule has 1 aromatic carbocycles. The van der Waals surface area contributed by atoms with Crippen molar-refractivity contribution in [1.29, 1.82) is 0 Å². The minimum Gasteiger partial charge on any atom is -0.490 e. The lowest BCUT2D eigenvalue weighted by atomic mass is 10.2. The number of carbonyl (C=O) groups excluding carboxylic acids is 1. The second kappa shape index (κ2) is 8.39. The normalized spacial score (nSPS) is 10.9. The Kier molecular flexibility index (Phi) is 5.92. The number of hydrogen-bond donors (Lipinski definition) is 1. The Morgan fingerprint density at radius 3 is 2.83 bits per heavy atom. The number of fused-ring (bicyclic) bond motifs is 1. The molecule has 0 radical (unpaired) electrons. The number of amides is 1. The van der Waals surface area contributed by atoms with E-state index in [0.29, 0.717) is 27.2 Å². The summed E-state index contributed by atoms with van der Waals surface area (Å²) >= 11 is 1.12. The molecule has 0 unspecified atom stereocenters. The van der Waals surface area contributed by atoms with Gasteiger partial charge < -0.3 is 10.1 Å². The Balaban J connectivity index is 1.95. The molecule has 0 spiro atoms. The van der Waals surface area contributed by atoms with Gasteiger partial charge in [0, 0.05) is 18.3 Å². The molecule has 0 aliphatic carbocycles. The molecule has 9 nitrogen and oxygen atoms in total. The summed E-state index contributed by atoms with van der Waals surface area (Å²) in [6, 6.07) is 4.16. The summed E-state index contributed by atoms with van der Waals surface area (Å²) in [6.45, 7) is 4.32. The molecule has 152 valence electrons. The highest BCUT2D eigenvalue weighted by molar-refractivity contribution is 7.20. The van der Waals surface area contributed by atoms with Crippen LogP contribution in [-0.4, -0.2) is 27.5 Å². The highest BCUT2D eigenvalue weighted by Crippen LogP contribution is 2.31. The molecule has 1 N–H and O–H groups in total. The van der Waals surface area contributed by atoms with Gasteiger partial charge in [-0.3, -0.25) is 24.3 Å². The zero-order valence-electron chi connectivity index (χ0n) is 16.2. The lowest BCUT2D eigenvalue weighted by Gasteiger charge is -2.07. The third-order valence-corrected chi connectivity index (χ3v) is 5.71. The summed E-state index contributed by atoms with van der Waals surface area (Å²) in [7, 11) is 1.33. The Bertz CT molecular complexity index is 1150. The first-order valence-electron chi connectivity index (χ1n) is 8.99. The second-order valence-corrected chi connectivity index (χ2v) is 7.43. The number of unbranched alkanes of at least 4 members (excludes halogenated alkanes) is 1. The predicted molar refractivity (Wildman–Crippen MR) is 111 cm³/mol. The average Bonchev–Trinajstić information content (AvgIpc) is 3.04. The topological polar surface area (TPSA) is 116 Å². The summed E-state index contributed by atoms with van der Waals surface area (Å²) in [5, 5.41) is 14.3. The van der Waals surface area contributed by atoms with Crippen LogP contribution in [0.5, 0.6) is 5.75 Å². The molecular formula is C19H20N4O5S. The number of thiophene rings is 1. The monoisotopic (exact) mass is 416 g/mol. The molecule has 0 aliphatic heterocycles. The smallest absolute Gasteiger partial charge is 0.312 e. The van der Waals surface area contributed by atoms with E-state index in [1.165, 1.54) is 31.6 Å². The lowest BCUT2D eigenvalue weighted by Crippen LogP contribution is -2.20. The van der Waals surface area contributed by atoms with Crippen molar-refractivity contribution in [2.24, 2.45) is 0 Å². The van der Waals surface area contributed by atoms with Crippen LogP contribution in [0.2, 0.25) is 0 Å². The first kappa shape index (κ1) is 20.5. The Hall–Kier alpha value is -3.27. The quantitative estimate of drug-likeness (QED) is 0.463. The predicted octanol–water partition coefficient (Wildman–Crippen LogP) is 3.74. The maximum atomic E-state index is 12.8. The molecule has 0 saturated carbocycles. The van der Waals surface area contributed by atoms with Gasteiger partial charge >= 0.3 is 5.69 Å². The molecule has 2 heterocycles. The number of rotatable bonds is 7. The van der Waals surface area contributed by atoms with Crippen LogP contribution in [0, 0.1) is 17.0 Å². The molecule has 0 saturated heterocycles. The van der Waals surface area contributed by atoms with Gasteiger partial charge in [-0.2, -0.15) is 0 Å². The van der Waals surface area contributed by atoms with Crippen LogP contribution in [0.25, 0.3) is 10.2 Å². The van der Waals surface area contributed by atoms with Gasteiger partial charge in [0.05, 0.1) is 28.6 Å². The van der Waals surface area contributed by atoms with E-state index in [2.05, 4.69) is 10.3 Å². The van der Waals surface area contributed by atoms with E-state index in [9.17, 15) is 19.7 Å². The third kappa shape index (κ3) is 3.97. The van der Waals surface area contributed by atoms with E-state index in [0.717, 1.165) is 24.2 Å². The number of carbonyl (C=O) groups is 1. The van der Waals surface area contributed by atoms with Crippen LogP contribution in [0.3, 0.4) is 0 Å². The number of benzene rings is 1. The molecule has 1 amide bonds. The number of hydrogen-bond acceptors (Lipinski definition) is 7.